The number of hydrogen-bond donors (Lipinski definition) is 1. The largest absolute Gasteiger partial charge is 0.497 e. The molecular formula is C35H44N4O4S. The number of nitrogens with zero attached hydrogens (tertiary/aromatic N) is 3. The first-order valence-electron chi connectivity index (χ1n) is 15.7. The first kappa shape index (κ1) is 30.6. The van der Waals surface area contributed by atoms with Crippen molar-refractivity contribution < 1.29 is 17.9 Å². The number of pyridine rings is 1. The van der Waals surface area contributed by atoms with Crippen LogP contribution < -0.4 is 14.4 Å². The SMILES string of the molecule is COc1cc(C)c(S(=O)(=O)NC2c3cc(C(=O)N4CCC5(CC4)CCN(c4ccncc4)CC5)ccc3CC2(C)C)c(C)c1. The maximum atomic E-state index is 13.8. The Morgan fingerprint density at radius 2 is 1.55 bits per heavy atom. The van der Waals surface area contributed by atoms with Crippen molar-refractivity contribution >= 4 is 21.6 Å². The van der Waals surface area contributed by atoms with E-state index in [9.17, 15) is 13.2 Å². The molecule has 0 radical (unpaired) electrons. The predicted octanol–water partition coefficient (Wildman–Crippen LogP) is 5.83. The van der Waals surface area contributed by atoms with Crippen molar-refractivity contribution in [3.05, 3.63) is 82.7 Å². The molecule has 0 saturated carbocycles. The number of ether oxygens (including phenoxy) is 1. The highest BCUT2D eigenvalue weighted by atomic mass is 32.2. The summed E-state index contributed by atoms with van der Waals surface area (Å²) in [5.41, 5.74) is 5.06. The van der Waals surface area contributed by atoms with E-state index in [0.717, 1.165) is 69.4 Å². The molecule has 1 atom stereocenters. The summed E-state index contributed by atoms with van der Waals surface area (Å²) in [5, 5.41) is 0. The van der Waals surface area contributed by atoms with Crippen LogP contribution in [0.4, 0.5) is 5.69 Å². The topological polar surface area (TPSA) is 91.8 Å². The van der Waals surface area contributed by atoms with Crippen LogP contribution in [-0.2, 0) is 16.4 Å². The second-order valence-electron chi connectivity index (χ2n) is 13.7. The smallest absolute Gasteiger partial charge is 0.253 e. The van der Waals surface area contributed by atoms with Gasteiger partial charge in [0.2, 0.25) is 10.0 Å². The molecule has 1 spiro atoms. The van der Waals surface area contributed by atoms with Gasteiger partial charge in [0.15, 0.2) is 0 Å². The first-order valence-corrected chi connectivity index (χ1v) is 17.1. The number of benzene rings is 2. The van der Waals surface area contributed by atoms with Crippen molar-refractivity contribution in [3.63, 3.8) is 0 Å². The van der Waals surface area contributed by atoms with Crippen LogP contribution in [0.3, 0.4) is 0 Å². The van der Waals surface area contributed by atoms with Crippen molar-refractivity contribution in [2.45, 2.75) is 70.7 Å². The van der Waals surface area contributed by atoms with Crippen LogP contribution in [-0.4, -0.2) is 57.5 Å². The average molecular weight is 617 g/mol. The van der Waals surface area contributed by atoms with Crippen molar-refractivity contribution in [2.75, 3.05) is 38.2 Å². The molecule has 1 aliphatic carbocycles. The predicted molar refractivity (Wildman–Crippen MR) is 173 cm³/mol. The van der Waals surface area contributed by atoms with Crippen molar-refractivity contribution in [1.82, 2.24) is 14.6 Å². The van der Waals surface area contributed by atoms with Gasteiger partial charge in [-0.25, -0.2) is 13.1 Å². The number of anilines is 1. The summed E-state index contributed by atoms with van der Waals surface area (Å²) in [6.45, 7) is 11.3. The minimum atomic E-state index is -3.84. The summed E-state index contributed by atoms with van der Waals surface area (Å²) in [4.78, 5) is 22.7. The number of rotatable bonds is 6. The molecule has 1 unspecified atom stereocenters. The Kier molecular flexibility index (Phi) is 7.99. The number of likely N-dealkylation sites (tertiary alicyclic amines) is 1. The standard InChI is InChI=1S/C35H44N4O4S/c1-24-20-29(43-5)21-25(2)31(24)44(41,42)37-32-30-22-26(6-7-27(30)23-34(32,3)4)33(40)39-18-12-35(13-19-39)10-16-38(17-11-35)28-8-14-36-15-9-28/h6-9,14-15,20-22,32,37H,10-13,16-19,23H2,1-5H3. The molecule has 8 nitrogen and oxygen atoms in total. The number of carbonyl (C=O) groups is 1. The third-order valence-electron chi connectivity index (χ3n) is 10.3. The fourth-order valence-corrected chi connectivity index (χ4v) is 9.56. The number of sulfonamides is 1. The zero-order chi connectivity index (χ0) is 31.3. The highest BCUT2D eigenvalue weighted by Gasteiger charge is 2.43. The number of aromatic nitrogens is 1. The zero-order valence-electron chi connectivity index (χ0n) is 26.5. The first-order chi connectivity index (χ1) is 20.9. The van der Waals surface area contributed by atoms with E-state index >= 15 is 0 Å². The molecule has 1 aromatic heterocycles. The van der Waals surface area contributed by atoms with Gasteiger partial charge in [-0.05, 0) is 115 Å². The van der Waals surface area contributed by atoms with Crippen molar-refractivity contribution in [2.24, 2.45) is 10.8 Å². The Bertz CT molecular complexity index is 1630. The Labute approximate surface area is 261 Å². The summed E-state index contributed by atoms with van der Waals surface area (Å²) < 4.78 is 36.0. The summed E-state index contributed by atoms with van der Waals surface area (Å²) >= 11 is 0. The molecule has 6 rings (SSSR count). The molecule has 1 amide bonds. The van der Waals surface area contributed by atoms with E-state index in [-0.39, 0.29) is 16.2 Å². The van der Waals surface area contributed by atoms with Crippen molar-refractivity contribution in [3.8, 4) is 5.75 Å². The van der Waals surface area contributed by atoms with Gasteiger partial charge in [-0.1, -0.05) is 19.9 Å². The average Bonchev–Trinajstić information content (AvgIpc) is 3.25. The van der Waals surface area contributed by atoms with Crippen molar-refractivity contribution in [1.29, 1.82) is 0 Å². The van der Waals surface area contributed by atoms with Crippen LogP contribution in [0.25, 0.3) is 0 Å². The summed E-state index contributed by atoms with van der Waals surface area (Å²) in [6, 6.07) is 13.1. The van der Waals surface area contributed by atoms with E-state index in [2.05, 4.69) is 40.6 Å². The van der Waals surface area contributed by atoms with Gasteiger partial charge in [-0.3, -0.25) is 9.78 Å². The molecule has 9 heteroatoms. The van der Waals surface area contributed by atoms with Crippen LogP contribution in [0.5, 0.6) is 5.75 Å². The number of piperidine rings is 2. The van der Waals surface area contributed by atoms with Gasteiger partial charge in [0.25, 0.3) is 5.91 Å². The molecule has 2 saturated heterocycles. The van der Waals surface area contributed by atoms with E-state index in [1.54, 1.807) is 33.1 Å². The lowest BCUT2D eigenvalue weighted by Gasteiger charge is -2.47. The number of fused-ring (bicyclic) bond motifs is 1. The quantitative estimate of drug-likeness (QED) is 0.375. The van der Waals surface area contributed by atoms with Crippen LogP contribution in [0.2, 0.25) is 0 Å². The van der Waals surface area contributed by atoms with Gasteiger partial charge in [-0.15, -0.1) is 0 Å². The Hall–Kier alpha value is -3.43. The normalized spacial score (nSPS) is 20.9. The summed E-state index contributed by atoms with van der Waals surface area (Å²) in [6.07, 6.45) is 8.75. The highest BCUT2D eigenvalue weighted by molar-refractivity contribution is 7.89. The van der Waals surface area contributed by atoms with E-state index in [4.69, 9.17) is 4.74 Å². The Morgan fingerprint density at radius 1 is 0.932 bits per heavy atom. The lowest BCUT2D eigenvalue weighted by molar-refractivity contribution is 0.0515. The molecule has 2 aromatic carbocycles. The molecular weight excluding hydrogens is 572 g/mol. The molecule has 2 aliphatic heterocycles. The lowest BCUT2D eigenvalue weighted by Crippen LogP contribution is -2.48. The fraction of sp³-hybridized carbons (Fsp3) is 0.486. The number of methoxy groups -OCH3 is 1. The van der Waals surface area contributed by atoms with Gasteiger partial charge < -0.3 is 14.5 Å². The number of carbonyl (C=O) groups excluding carboxylic acids is 1. The highest BCUT2D eigenvalue weighted by Crippen LogP contribution is 2.47. The molecule has 3 heterocycles. The second-order valence-corrected chi connectivity index (χ2v) is 15.4. The molecule has 1 N–H and O–H groups in total. The van der Waals surface area contributed by atoms with Crippen LogP contribution in [0.15, 0.2) is 59.8 Å². The molecule has 3 aliphatic rings. The fourth-order valence-electron chi connectivity index (χ4n) is 7.72. The van der Waals surface area contributed by atoms with E-state index < -0.39 is 16.1 Å². The van der Waals surface area contributed by atoms with Gasteiger partial charge in [0, 0.05) is 49.8 Å². The second kappa shape index (κ2) is 11.5. The molecule has 234 valence electrons. The van der Waals surface area contributed by atoms with E-state index in [1.165, 1.54) is 5.69 Å². The van der Waals surface area contributed by atoms with Crippen LogP contribution in [0.1, 0.15) is 78.2 Å². The maximum absolute atomic E-state index is 13.8. The maximum Gasteiger partial charge on any atom is 0.253 e. The summed E-state index contributed by atoms with van der Waals surface area (Å²) in [7, 11) is -2.27. The van der Waals surface area contributed by atoms with E-state index in [0.29, 0.717) is 27.9 Å². The van der Waals surface area contributed by atoms with Gasteiger partial charge in [-0.2, -0.15) is 0 Å². The summed E-state index contributed by atoms with van der Waals surface area (Å²) in [5.74, 6) is 0.665. The minimum absolute atomic E-state index is 0.0324. The number of nitrogens with one attached hydrogen (secondary N) is 1. The van der Waals surface area contributed by atoms with Gasteiger partial charge in [0.05, 0.1) is 18.0 Å². The van der Waals surface area contributed by atoms with Crippen LogP contribution >= 0.6 is 0 Å². The zero-order valence-corrected chi connectivity index (χ0v) is 27.3. The van der Waals surface area contributed by atoms with E-state index in [1.807, 2.05) is 35.5 Å². The monoisotopic (exact) mass is 616 g/mol. The Balaban J connectivity index is 1.16. The minimum Gasteiger partial charge on any atom is -0.497 e. The molecule has 2 fully saturated rings. The third-order valence-corrected chi connectivity index (χ3v) is 12.0. The van der Waals surface area contributed by atoms with Gasteiger partial charge in [0.1, 0.15) is 5.75 Å². The third kappa shape index (κ3) is 5.72. The Morgan fingerprint density at radius 3 is 2.16 bits per heavy atom. The number of amides is 1. The number of hydrogen-bond acceptors (Lipinski definition) is 6. The molecule has 3 aromatic rings. The molecule has 0 bridgehead atoms. The molecule has 44 heavy (non-hydrogen) atoms. The van der Waals surface area contributed by atoms with Crippen LogP contribution in [0, 0.1) is 24.7 Å². The lowest BCUT2D eigenvalue weighted by atomic mass is 9.71. The van der Waals surface area contributed by atoms with Gasteiger partial charge >= 0.3 is 0 Å². The number of aryl methyl sites for hydroxylation is 2.